The van der Waals surface area contributed by atoms with Crippen molar-refractivity contribution in [3.8, 4) is 0 Å². The van der Waals surface area contributed by atoms with Gasteiger partial charge in [0.2, 0.25) is 5.91 Å². The SMILES string of the molecule is CCCCN(CC)C(=O)C1(c2ccccc2)CCNCC1. The van der Waals surface area contributed by atoms with Gasteiger partial charge in [-0.15, -0.1) is 0 Å². The van der Waals surface area contributed by atoms with Crippen LogP contribution in [0.4, 0.5) is 0 Å². The number of hydrogen-bond donors (Lipinski definition) is 1. The van der Waals surface area contributed by atoms with Crippen molar-refractivity contribution in [3.63, 3.8) is 0 Å². The molecule has 0 radical (unpaired) electrons. The van der Waals surface area contributed by atoms with E-state index >= 15 is 0 Å². The van der Waals surface area contributed by atoms with Crippen LogP contribution < -0.4 is 5.32 Å². The summed E-state index contributed by atoms with van der Waals surface area (Å²) >= 11 is 0. The van der Waals surface area contributed by atoms with Crippen LogP contribution >= 0.6 is 0 Å². The van der Waals surface area contributed by atoms with Gasteiger partial charge < -0.3 is 10.2 Å². The molecule has 0 bridgehead atoms. The monoisotopic (exact) mass is 288 g/mol. The normalized spacial score (nSPS) is 17.4. The van der Waals surface area contributed by atoms with Crippen molar-refractivity contribution in [2.75, 3.05) is 26.2 Å². The summed E-state index contributed by atoms with van der Waals surface area (Å²) in [5, 5.41) is 3.39. The molecule has 1 aromatic carbocycles. The predicted molar refractivity (Wildman–Crippen MR) is 87.4 cm³/mol. The Morgan fingerprint density at radius 2 is 1.86 bits per heavy atom. The molecule has 1 N–H and O–H groups in total. The zero-order valence-corrected chi connectivity index (χ0v) is 13.4. The Morgan fingerprint density at radius 3 is 2.43 bits per heavy atom. The molecule has 21 heavy (non-hydrogen) atoms. The van der Waals surface area contributed by atoms with Crippen molar-refractivity contribution in [3.05, 3.63) is 35.9 Å². The molecule has 1 amide bonds. The second kappa shape index (κ2) is 7.60. The number of rotatable bonds is 6. The number of likely N-dealkylation sites (N-methyl/N-ethyl adjacent to an activating group) is 1. The molecular weight excluding hydrogens is 260 g/mol. The van der Waals surface area contributed by atoms with Crippen LogP contribution in [-0.2, 0) is 10.2 Å². The predicted octanol–water partition coefficient (Wildman–Crippen LogP) is 2.96. The molecular formula is C18H28N2O. The molecule has 0 aliphatic carbocycles. The van der Waals surface area contributed by atoms with Gasteiger partial charge in [-0.2, -0.15) is 0 Å². The van der Waals surface area contributed by atoms with Gasteiger partial charge >= 0.3 is 0 Å². The maximum absolute atomic E-state index is 13.3. The van der Waals surface area contributed by atoms with E-state index in [1.807, 2.05) is 6.07 Å². The molecule has 2 rings (SSSR count). The lowest BCUT2D eigenvalue weighted by molar-refractivity contribution is -0.138. The Hall–Kier alpha value is -1.35. The minimum atomic E-state index is -0.323. The highest BCUT2D eigenvalue weighted by molar-refractivity contribution is 5.88. The standard InChI is InChI=1S/C18H28N2O/c1-3-5-15-20(4-2)17(21)18(11-13-19-14-12-18)16-9-7-6-8-10-16/h6-10,19H,3-5,11-15H2,1-2H3. The molecule has 0 spiro atoms. The first-order chi connectivity index (χ1) is 10.2. The fourth-order valence-electron chi connectivity index (χ4n) is 3.29. The van der Waals surface area contributed by atoms with E-state index in [0.29, 0.717) is 5.91 Å². The Labute approximate surface area is 128 Å². The Kier molecular flexibility index (Phi) is 5.80. The van der Waals surface area contributed by atoms with E-state index in [1.165, 1.54) is 5.56 Å². The Morgan fingerprint density at radius 1 is 1.19 bits per heavy atom. The number of hydrogen-bond acceptors (Lipinski definition) is 2. The number of carbonyl (C=O) groups excluding carboxylic acids is 1. The Bertz CT molecular complexity index is 438. The van der Waals surface area contributed by atoms with E-state index < -0.39 is 0 Å². The summed E-state index contributed by atoms with van der Waals surface area (Å²) in [7, 11) is 0. The number of unbranched alkanes of at least 4 members (excludes halogenated alkanes) is 1. The lowest BCUT2D eigenvalue weighted by atomic mass is 9.72. The summed E-state index contributed by atoms with van der Waals surface area (Å²) < 4.78 is 0. The van der Waals surface area contributed by atoms with E-state index in [2.05, 4.69) is 48.3 Å². The molecule has 1 fully saturated rings. The summed E-state index contributed by atoms with van der Waals surface area (Å²) in [5.74, 6) is 0.325. The second-order valence-corrected chi connectivity index (χ2v) is 5.94. The summed E-state index contributed by atoms with van der Waals surface area (Å²) in [4.78, 5) is 15.3. The van der Waals surface area contributed by atoms with Crippen LogP contribution in [0.2, 0.25) is 0 Å². The van der Waals surface area contributed by atoms with Crippen LogP contribution in [0.1, 0.15) is 45.1 Å². The van der Waals surface area contributed by atoms with Crippen molar-refractivity contribution in [1.29, 1.82) is 0 Å². The van der Waals surface area contributed by atoms with Crippen molar-refractivity contribution in [2.24, 2.45) is 0 Å². The highest BCUT2D eigenvalue weighted by atomic mass is 16.2. The summed E-state index contributed by atoms with van der Waals surface area (Å²) in [6.45, 7) is 7.80. The zero-order chi connectivity index (χ0) is 15.1. The third-order valence-corrected chi connectivity index (χ3v) is 4.64. The van der Waals surface area contributed by atoms with Crippen molar-refractivity contribution in [2.45, 2.75) is 44.9 Å². The zero-order valence-electron chi connectivity index (χ0n) is 13.4. The van der Waals surface area contributed by atoms with Crippen LogP contribution in [0.5, 0.6) is 0 Å². The highest BCUT2D eigenvalue weighted by Gasteiger charge is 2.42. The molecule has 1 aliphatic heterocycles. The van der Waals surface area contributed by atoms with Gasteiger partial charge in [-0.1, -0.05) is 43.7 Å². The first kappa shape index (κ1) is 16.0. The molecule has 0 unspecified atom stereocenters. The molecule has 116 valence electrons. The molecule has 1 aliphatic rings. The quantitative estimate of drug-likeness (QED) is 0.873. The molecule has 3 nitrogen and oxygen atoms in total. The van der Waals surface area contributed by atoms with E-state index in [9.17, 15) is 4.79 Å². The molecule has 0 aromatic heterocycles. The average Bonchev–Trinajstić information content (AvgIpc) is 2.56. The minimum absolute atomic E-state index is 0.323. The minimum Gasteiger partial charge on any atom is -0.342 e. The fraction of sp³-hybridized carbons (Fsp3) is 0.611. The van der Waals surface area contributed by atoms with Gasteiger partial charge in [-0.3, -0.25) is 4.79 Å². The summed E-state index contributed by atoms with van der Waals surface area (Å²) in [6.07, 6.45) is 4.02. The van der Waals surface area contributed by atoms with Crippen LogP contribution in [0.25, 0.3) is 0 Å². The van der Waals surface area contributed by atoms with Gasteiger partial charge in [0.25, 0.3) is 0 Å². The van der Waals surface area contributed by atoms with Gasteiger partial charge in [0.1, 0.15) is 0 Å². The smallest absolute Gasteiger partial charge is 0.233 e. The van der Waals surface area contributed by atoms with Crippen LogP contribution in [0.3, 0.4) is 0 Å². The number of amides is 1. The van der Waals surface area contributed by atoms with E-state index in [-0.39, 0.29) is 5.41 Å². The number of nitrogens with one attached hydrogen (secondary N) is 1. The lowest BCUT2D eigenvalue weighted by Crippen LogP contribution is -2.52. The van der Waals surface area contributed by atoms with Crippen molar-refractivity contribution in [1.82, 2.24) is 10.2 Å². The molecule has 1 heterocycles. The third-order valence-electron chi connectivity index (χ3n) is 4.64. The van der Waals surface area contributed by atoms with E-state index in [0.717, 1.165) is 51.9 Å². The van der Waals surface area contributed by atoms with Gasteiger partial charge in [-0.05, 0) is 44.8 Å². The number of nitrogens with zero attached hydrogens (tertiary/aromatic N) is 1. The highest BCUT2D eigenvalue weighted by Crippen LogP contribution is 2.35. The van der Waals surface area contributed by atoms with Crippen molar-refractivity contribution >= 4 is 5.91 Å². The maximum atomic E-state index is 13.3. The van der Waals surface area contributed by atoms with Gasteiger partial charge in [0, 0.05) is 13.1 Å². The average molecular weight is 288 g/mol. The lowest BCUT2D eigenvalue weighted by Gasteiger charge is -2.40. The summed E-state index contributed by atoms with van der Waals surface area (Å²) in [6, 6.07) is 10.4. The van der Waals surface area contributed by atoms with Crippen LogP contribution in [0, 0.1) is 0 Å². The largest absolute Gasteiger partial charge is 0.342 e. The van der Waals surface area contributed by atoms with Gasteiger partial charge in [-0.25, -0.2) is 0 Å². The molecule has 3 heteroatoms. The van der Waals surface area contributed by atoms with E-state index in [1.54, 1.807) is 0 Å². The molecule has 0 saturated carbocycles. The number of benzene rings is 1. The molecule has 1 saturated heterocycles. The third kappa shape index (κ3) is 3.46. The van der Waals surface area contributed by atoms with E-state index in [4.69, 9.17) is 0 Å². The number of carbonyl (C=O) groups is 1. The first-order valence-electron chi connectivity index (χ1n) is 8.30. The van der Waals surface area contributed by atoms with Crippen molar-refractivity contribution < 1.29 is 4.79 Å². The first-order valence-corrected chi connectivity index (χ1v) is 8.30. The fourth-order valence-corrected chi connectivity index (χ4v) is 3.29. The van der Waals surface area contributed by atoms with Crippen LogP contribution in [-0.4, -0.2) is 37.0 Å². The maximum Gasteiger partial charge on any atom is 0.233 e. The Balaban J connectivity index is 2.29. The molecule has 0 atom stereocenters. The van der Waals surface area contributed by atoms with Crippen LogP contribution in [0.15, 0.2) is 30.3 Å². The molecule has 1 aromatic rings. The number of piperidine rings is 1. The summed E-state index contributed by atoms with van der Waals surface area (Å²) in [5.41, 5.74) is 0.863. The second-order valence-electron chi connectivity index (χ2n) is 5.94. The topological polar surface area (TPSA) is 32.3 Å². The van der Waals surface area contributed by atoms with Gasteiger partial charge in [0.05, 0.1) is 5.41 Å². The van der Waals surface area contributed by atoms with Gasteiger partial charge in [0.15, 0.2) is 0 Å².